The van der Waals surface area contributed by atoms with Gasteiger partial charge in [-0.1, -0.05) is 6.08 Å². The molecule has 1 rings (SSSR count). The Bertz CT molecular complexity index is 313. The molecule has 0 aliphatic carbocycles. The normalized spacial score (nSPS) is 10.9. The molecular weight excluding hydrogens is 184 g/mol. The molecule has 2 nitrogen and oxygen atoms in total. The highest BCUT2D eigenvalue weighted by atomic mass is 32.1. The molecule has 1 heterocycles. The monoisotopic (exact) mass is 196 g/mol. The first-order chi connectivity index (χ1) is 6.27. The first-order valence-corrected chi connectivity index (χ1v) is 4.92. The fraction of sp³-hybridized carbons (Fsp3) is 0.300. The molecular formula is C10H12O2S. The molecule has 0 aliphatic heterocycles. The molecule has 0 spiro atoms. The van der Waals surface area contributed by atoms with Crippen LogP contribution in [0.4, 0.5) is 0 Å². The Labute approximate surface area is 81.5 Å². The summed E-state index contributed by atoms with van der Waals surface area (Å²) in [5, 5.41) is 8.56. The zero-order chi connectivity index (χ0) is 9.68. The average molecular weight is 196 g/mol. The van der Waals surface area contributed by atoms with Crippen LogP contribution in [0.5, 0.6) is 0 Å². The Kier molecular flexibility index (Phi) is 3.86. The first-order valence-electron chi connectivity index (χ1n) is 4.11. The summed E-state index contributed by atoms with van der Waals surface area (Å²) in [7, 11) is 0. The van der Waals surface area contributed by atoms with Crippen LogP contribution in [0.2, 0.25) is 0 Å². The molecule has 3 heteroatoms. The van der Waals surface area contributed by atoms with Gasteiger partial charge in [-0.15, -0.1) is 11.3 Å². The lowest BCUT2D eigenvalue weighted by atomic mass is 10.2. The van der Waals surface area contributed by atoms with Gasteiger partial charge in [0, 0.05) is 11.5 Å². The third kappa shape index (κ3) is 2.79. The van der Waals surface area contributed by atoms with Crippen molar-refractivity contribution in [2.24, 2.45) is 0 Å². The lowest BCUT2D eigenvalue weighted by Gasteiger charge is -1.88. The molecule has 0 saturated heterocycles. The molecule has 0 bridgehead atoms. The number of hydrogen-bond acceptors (Lipinski definition) is 3. The van der Waals surface area contributed by atoms with E-state index in [1.165, 1.54) is 11.3 Å². The molecule has 0 radical (unpaired) electrons. The SMILES string of the molecule is Cc1cc(C=O)sc1C=CCCO. The lowest BCUT2D eigenvalue weighted by Crippen LogP contribution is -1.75. The average Bonchev–Trinajstić information content (AvgIpc) is 2.48. The summed E-state index contributed by atoms with van der Waals surface area (Å²) in [6, 6.07) is 1.87. The number of aryl methyl sites for hydroxylation is 1. The molecule has 13 heavy (non-hydrogen) atoms. The number of carbonyl (C=O) groups is 1. The minimum absolute atomic E-state index is 0.168. The van der Waals surface area contributed by atoms with Crippen LogP contribution in [0.15, 0.2) is 12.1 Å². The summed E-state index contributed by atoms with van der Waals surface area (Å²) in [4.78, 5) is 12.3. The van der Waals surface area contributed by atoms with Crippen molar-refractivity contribution in [3.8, 4) is 0 Å². The topological polar surface area (TPSA) is 37.3 Å². The predicted octanol–water partition coefficient (Wildman–Crippen LogP) is 2.26. The van der Waals surface area contributed by atoms with Gasteiger partial charge in [-0.05, 0) is 31.1 Å². The van der Waals surface area contributed by atoms with Crippen molar-refractivity contribution >= 4 is 23.7 Å². The van der Waals surface area contributed by atoms with E-state index in [2.05, 4.69) is 0 Å². The van der Waals surface area contributed by atoms with E-state index in [1.807, 2.05) is 25.1 Å². The van der Waals surface area contributed by atoms with E-state index < -0.39 is 0 Å². The second-order valence-corrected chi connectivity index (χ2v) is 3.84. The van der Waals surface area contributed by atoms with Gasteiger partial charge >= 0.3 is 0 Å². The number of aliphatic hydroxyl groups excluding tert-OH is 1. The molecule has 0 aromatic carbocycles. The van der Waals surface area contributed by atoms with E-state index in [-0.39, 0.29) is 6.61 Å². The van der Waals surface area contributed by atoms with Crippen LogP contribution >= 0.6 is 11.3 Å². The molecule has 0 unspecified atom stereocenters. The molecule has 0 fully saturated rings. The van der Waals surface area contributed by atoms with Crippen molar-refractivity contribution in [1.82, 2.24) is 0 Å². The molecule has 1 aromatic heterocycles. The van der Waals surface area contributed by atoms with Gasteiger partial charge in [0.2, 0.25) is 0 Å². The van der Waals surface area contributed by atoms with Crippen molar-refractivity contribution in [1.29, 1.82) is 0 Å². The van der Waals surface area contributed by atoms with Crippen molar-refractivity contribution in [3.05, 3.63) is 27.5 Å². The number of aliphatic hydroxyl groups is 1. The lowest BCUT2D eigenvalue weighted by molar-refractivity contribution is 0.112. The van der Waals surface area contributed by atoms with Crippen LogP contribution in [-0.2, 0) is 0 Å². The third-order valence-corrected chi connectivity index (χ3v) is 2.78. The maximum Gasteiger partial charge on any atom is 0.160 e. The van der Waals surface area contributed by atoms with E-state index in [9.17, 15) is 4.79 Å². The second-order valence-electron chi connectivity index (χ2n) is 2.73. The van der Waals surface area contributed by atoms with Gasteiger partial charge in [-0.25, -0.2) is 0 Å². The van der Waals surface area contributed by atoms with Crippen LogP contribution in [-0.4, -0.2) is 18.0 Å². The Morgan fingerprint density at radius 3 is 2.92 bits per heavy atom. The summed E-state index contributed by atoms with van der Waals surface area (Å²) >= 11 is 1.47. The number of carbonyl (C=O) groups excluding carboxylic acids is 1. The largest absolute Gasteiger partial charge is 0.396 e. The summed E-state index contributed by atoms with van der Waals surface area (Å²) in [5.41, 5.74) is 1.11. The third-order valence-electron chi connectivity index (χ3n) is 1.66. The van der Waals surface area contributed by atoms with Gasteiger partial charge in [-0.3, -0.25) is 4.79 Å². The fourth-order valence-electron chi connectivity index (χ4n) is 1.01. The van der Waals surface area contributed by atoms with Gasteiger partial charge in [0.25, 0.3) is 0 Å². The van der Waals surface area contributed by atoms with Crippen molar-refractivity contribution in [2.75, 3.05) is 6.61 Å². The van der Waals surface area contributed by atoms with Gasteiger partial charge in [0.05, 0.1) is 4.88 Å². The van der Waals surface area contributed by atoms with E-state index in [0.717, 1.165) is 21.6 Å². The van der Waals surface area contributed by atoms with Crippen LogP contribution in [0.3, 0.4) is 0 Å². The molecule has 0 amide bonds. The Hall–Kier alpha value is -0.930. The van der Waals surface area contributed by atoms with Crippen LogP contribution in [0.25, 0.3) is 6.08 Å². The fourth-order valence-corrected chi connectivity index (χ4v) is 1.93. The van der Waals surface area contributed by atoms with Gasteiger partial charge in [-0.2, -0.15) is 0 Å². The van der Waals surface area contributed by atoms with Crippen LogP contribution in [0.1, 0.15) is 26.5 Å². The first kappa shape index (κ1) is 10.2. The van der Waals surface area contributed by atoms with Crippen molar-refractivity contribution in [3.63, 3.8) is 0 Å². The summed E-state index contributed by atoms with van der Waals surface area (Å²) in [6.45, 7) is 2.14. The molecule has 0 saturated carbocycles. The highest BCUT2D eigenvalue weighted by Crippen LogP contribution is 2.21. The Morgan fingerprint density at radius 2 is 2.38 bits per heavy atom. The van der Waals surface area contributed by atoms with E-state index in [0.29, 0.717) is 6.42 Å². The summed E-state index contributed by atoms with van der Waals surface area (Å²) in [5.74, 6) is 0. The maximum absolute atomic E-state index is 10.4. The maximum atomic E-state index is 10.4. The van der Waals surface area contributed by atoms with Crippen LogP contribution < -0.4 is 0 Å². The number of aldehydes is 1. The van der Waals surface area contributed by atoms with Crippen molar-refractivity contribution in [2.45, 2.75) is 13.3 Å². The predicted molar refractivity (Wildman–Crippen MR) is 55.2 cm³/mol. The van der Waals surface area contributed by atoms with E-state index in [4.69, 9.17) is 5.11 Å². The van der Waals surface area contributed by atoms with Crippen molar-refractivity contribution < 1.29 is 9.90 Å². The molecule has 70 valence electrons. The molecule has 0 aliphatic rings. The molecule has 1 aromatic rings. The van der Waals surface area contributed by atoms with Crippen LogP contribution in [0, 0.1) is 6.92 Å². The Morgan fingerprint density at radius 1 is 1.62 bits per heavy atom. The summed E-state index contributed by atoms with van der Waals surface area (Å²) < 4.78 is 0. The standard InChI is InChI=1S/C10H12O2S/c1-8-6-9(7-12)13-10(8)4-2-3-5-11/h2,4,6-7,11H,3,5H2,1H3. The second kappa shape index (κ2) is 4.94. The summed E-state index contributed by atoms with van der Waals surface area (Å²) in [6.07, 6.45) is 5.38. The number of rotatable bonds is 4. The Balaban J connectivity index is 2.76. The van der Waals surface area contributed by atoms with E-state index in [1.54, 1.807) is 0 Å². The minimum atomic E-state index is 0.168. The van der Waals surface area contributed by atoms with E-state index >= 15 is 0 Å². The quantitative estimate of drug-likeness (QED) is 0.750. The highest BCUT2D eigenvalue weighted by molar-refractivity contribution is 7.14. The van der Waals surface area contributed by atoms with Gasteiger partial charge in [0.15, 0.2) is 6.29 Å². The number of hydrogen-bond donors (Lipinski definition) is 1. The van der Waals surface area contributed by atoms with Gasteiger partial charge < -0.3 is 5.11 Å². The highest BCUT2D eigenvalue weighted by Gasteiger charge is 2.00. The molecule has 0 atom stereocenters. The smallest absolute Gasteiger partial charge is 0.160 e. The zero-order valence-corrected chi connectivity index (χ0v) is 8.30. The minimum Gasteiger partial charge on any atom is -0.396 e. The van der Waals surface area contributed by atoms with Gasteiger partial charge in [0.1, 0.15) is 0 Å². The zero-order valence-electron chi connectivity index (χ0n) is 7.49. The number of thiophene rings is 1. The molecule has 1 N–H and O–H groups in total.